The lowest BCUT2D eigenvalue weighted by Gasteiger charge is -2.58. The fraction of sp³-hybridized carbons (Fsp3) is 0.846. The lowest BCUT2D eigenvalue weighted by Crippen LogP contribution is -2.52. The van der Waals surface area contributed by atoms with Crippen molar-refractivity contribution in [3.8, 4) is 0 Å². The second-order valence-electron chi connectivity index (χ2n) is 12.5. The topological polar surface area (TPSA) is 55.1 Å². The van der Waals surface area contributed by atoms with Crippen LogP contribution in [0.4, 0.5) is 4.39 Å². The molecule has 0 spiro atoms. The number of nitrogens with zero attached hydrogens (tertiary/aromatic N) is 2. The zero-order chi connectivity index (χ0) is 21.7. The number of carbonyl (C=O) groups excluding carboxylic acids is 1. The van der Waals surface area contributed by atoms with Crippen LogP contribution in [0, 0.1) is 64.5 Å². The Balaban J connectivity index is 1.26. The van der Waals surface area contributed by atoms with Gasteiger partial charge in [-0.1, -0.05) is 13.8 Å². The van der Waals surface area contributed by atoms with Crippen molar-refractivity contribution in [3.05, 3.63) is 18.2 Å². The van der Waals surface area contributed by atoms with E-state index in [4.69, 9.17) is 0 Å². The molecule has 170 valence electrons. The van der Waals surface area contributed by atoms with Crippen LogP contribution in [0.3, 0.4) is 0 Å². The van der Waals surface area contributed by atoms with E-state index in [0.717, 1.165) is 37.0 Å². The third kappa shape index (κ3) is 2.94. The highest BCUT2D eigenvalue weighted by molar-refractivity contribution is 5.83. The van der Waals surface area contributed by atoms with Crippen molar-refractivity contribution in [2.45, 2.75) is 77.9 Å². The van der Waals surface area contributed by atoms with Gasteiger partial charge in [0.25, 0.3) is 0 Å². The molecule has 4 nitrogen and oxygen atoms in total. The van der Waals surface area contributed by atoms with E-state index in [1.165, 1.54) is 42.8 Å². The molecule has 11 atom stereocenters. The SMILES string of the molecule is C[C@H]1[C@@H]2[C@H]1[C@H](C(=O)Cn1cc(F)cn1)[C@@]1(C)CC[C@H]3[C@@H](CC[C@@H]4C[C@](C)(O)CC[C@@H]43)[C@H]21. The van der Waals surface area contributed by atoms with Crippen molar-refractivity contribution in [1.82, 2.24) is 9.78 Å². The lowest BCUT2D eigenvalue weighted by atomic mass is 9.47. The highest BCUT2D eigenvalue weighted by Crippen LogP contribution is 2.76. The van der Waals surface area contributed by atoms with Crippen LogP contribution in [0.25, 0.3) is 0 Å². The van der Waals surface area contributed by atoms with Crippen LogP contribution in [0.1, 0.15) is 65.7 Å². The third-order valence-corrected chi connectivity index (χ3v) is 10.8. The maximum absolute atomic E-state index is 13.5. The molecule has 0 unspecified atom stereocenters. The Hall–Kier alpha value is -1.23. The number of hydrogen-bond acceptors (Lipinski definition) is 3. The van der Waals surface area contributed by atoms with Crippen molar-refractivity contribution >= 4 is 5.78 Å². The number of Topliss-reactive ketones (excluding diaryl/α,β-unsaturated/α-hetero) is 1. The molecule has 5 aliphatic rings. The van der Waals surface area contributed by atoms with E-state index < -0.39 is 5.60 Å². The van der Waals surface area contributed by atoms with Gasteiger partial charge in [-0.05, 0) is 105 Å². The Labute approximate surface area is 185 Å². The number of ketones is 1. The van der Waals surface area contributed by atoms with Crippen LogP contribution < -0.4 is 0 Å². The lowest BCUT2D eigenvalue weighted by molar-refractivity contribution is -0.137. The summed E-state index contributed by atoms with van der Waals surface area (Å²) in [5.41, 5.74) is -0.372. The molecule has 6 rings (SSSR count). The average molecular weight is 429 g/mol. The third-order valence-electron chi connectivity index (χ3n) is 10.8. The molecular formula is C26H37FN2O2. The van der Waals surface area contributed by atoms with Gasteiger partial charge < -0.3 is 5.11 Å². The van der Waals surface area contributed by atoms with Gasteiger partial charge in [0.15, 0.2) is 11.6 Å². The van der Waals surface area contributed by atoms with E-state index in [9.17, 15) is 14.3 Å². The molecule has 1 aromatic heterocycles. The van der Waals surface area contributed by atoms with Crippen molar-refractivity contribution in [2.24, 2.45) is 58.7 Å². The first-order valence-electron chi connectivity index (χ1n) is 12.6. The Bertz CT molecular complexity index is 896. The summed E-state index contributed by atoms with van der Waals surface area (Å²) in [5, 5.41) is 14.7. The van der Waals surface area contributed by atoms with Crippen LogP contribution >= 0.6 is 0 Å². The Kier molecular flexibility index (Phi) is 4.37. The summed E-state index contributed by atoms with van der Waals surface area (Å²) in [7, 11) is 0. The minimum absolute atomic E-state index is 0.0960. The molecule has 0 amide bonds. The van der Waals surface area contributed by atoms with Gasteiger partial charge in [0.2, 0.25) is 0 Å². The van der Waals surface area contributed by atoms with Crippen molar-refractivity contribution in [3.63, 3.8) is 0 Å². The van der Waals surface area contributed by atoms with Gasteiger partial charge in [-0.3, -0.25) is 9.48 Å². The number of carbonyl (C=O) groups is 1. The smallest absolute Gasteiger partial charge is 0.161 e. The average Bonchev–Trinajstić information content (AvgIpc) is 3.03. The van der Waals surface area contributed by atoms with Crippen molar-refractivity contribution in [2.75, 3.05) is 0 Å². The predicted molar refractivity (Wildman–Crippen MR) is 115 cm³/mol. The molecule has 1 aromatic rings. The zero-order valence-electron chi connectivity index (χ0n) is 19.1. The second kappa shape index (κ2) is 6.65. The van der Waals surface area contributed by atoms with Gasteiger partial charge in [-0.15, -0.1) is 0 Å². The summed E-state index contributed by atoms with van der Waals surface area (Å²) in [6, 6.07) is 0. The minimum atomic E-state index is -0.468. The van der Waals surface area contributed by atoms with Crippen LogP contribution in [0.2, 0.25) is 0 Å². The first kappa shape index (κ1) is 20.4. The van der Waals surface area contributed by atoms with Gasteiger partial charge in [0.1, 0.15) is 0 Å². The maximum atomic E-state index is 13.5. The number of fused-ring (bicyclic) bond motifs is 7. The fourth-order valence-electron chi connectivity index (χ4n) is 9.77. The second-order valence-corrected chi connectivity index (χ2v) is 12.5. The molecule has 5 aliphatic carbocycles. The number of rotatable bonds is 3. The van der Waals surface area contributed by atoms with Crippen LogP contribution in [-0.2, 0) is 11.3 Å². The van der Waals surface area contributed by atoms with Gasteiger partial charge in [0, 0.05) is 5.92 Å². The maximum Gasteiger partial charge on any atom is 0.161 e. The molecule has 5 saturated carbocycles. The first-order valence-corrected chi connectivity index (χ1v) is 12.6. The van der Waals surface area contributed by atoms with E-state index in [1.54, 1.807) is 0 Å². The summed E-state index contributed by atoms with van der Waals surface area (Å²) in [6.45, 7) is 7.01. The van der Waals surface area contributed by atoms with Crippen LogP contribution in [0.15, 0.2) is 12.4 Å². The summed E-state index contributed by atoms with van der Waals surface area (Å²) >= 11 is 0. The summed E-state index contributed by atoms with van der Waals surface area (Å²) in [5.74, 6) is 5.54. The van der Waals surface area contributed by atoms with E-state index in [0.29, 0.717) is 29.6 Å². The highest BCUT2D eigenvalue weighted by Gasteiger charge is 2.73. The Morgan fingerprint density at radius 1 is 1.16 bits per heavy atom. The quantitative estimate of drug-likeness (QED) is 0.758. The van der Waals surface area contributed by atoms with Gasteiger partial charge in [-0.25, -0.2) is 4.39 Å². The summed E-state index contributed by atoms with van der Waals surface area (Å²) in [6.07, 6.45) is 10.6. The summed E-state index contributed by atoms with van der Waals surface area (Å²) < 4.78 is 14.9. The molecule has 0 aromatic carbocycles. The molecular weight excluding hydrogens is 391 g/mol. The minimum Gasteiger partial charge on any atom is -0.390 e. The van der Waals surface area contributed by atoms with Crippen LogP contribution in [-0.4, -0.2) is 26.3 Å². The molecule has 0 radical (unpaired) electrons. The normalized spacial score (nSPS) is 52.6. The first-order chi connectivity index (χ1) is 14.7. The van der Waals surface area contributed by atoms with Gasteiger partial charge in [-0.2, -0.15) is 5.10 Å². The van der Waals surface area contributed by atoms with Gasteiger partial charge in [0.05, 0.1) is 24.5 Å². The monoisotopic (exact) mass is 428 g/mol. The molecule has 0 aliphatic heterocycles. The van der Waals surface area contributed by atoms with Gasteiger partial charge >= 0.3 is 0 Å². The Morgan fingerprint density at radius 3 is 2.68 bits per heavy atom. The Morgan fingerprint density at radius 2 is 1.94 bits per heavy atom. The van der Waals surface area contributed by atoms with E-state index in [1.807, 2.05) is 6.92 Å². The largest absolute Gasteiger partial charge is 0.390 e. The van der Waals surface area contributed by atoms with Crippen LogP contribution in [0.5, 0.6) is 0 Å². The number of aliphatic hydroxyl groups is 1. The molecule has 0 bridgehead atoms. The van der Waals surface area contributed by atoms with E-state index >= 15 is 0 Å². The molecule has 1 heterocycles. The zero-order valence-corrected chi connectivity index (χ0v) is 19.1. The predicted octanol–water partition coefficient (Wildman–Crippen LogP) is 4.71. The fourth-order valence-corrected chi connectivity index (χ4v) is 9.77. The van der Waals surface area contributed by atoms with Crippen molar-refractivity contribution in [1.29, 1.82) is 0 Å². The molecule has 1 N–H and O–H groups in total. The van der Waals surface area contributed by atoms with E-state index in [-0.39, 0.29) is 29.5 Å². The standard InChI is InChI=1S/C26H37FN2O2/c1-14-21-22(14)24(20(30)13-29-12-16(27)11-28-29)26(3)9-7-18-17-6-8-25(2,31)10-15(17)4-5-19(18)23(21)26/h11-12,14-15,17-19,21-24,31H,4-10,13H2,1-3H3/t14-,15+,17-,18+,19+,21+,22-,23+,24-,25+,26-/m0/s1. The number of aromatic nitrogens is 2. The highest BCUT2D eigenvalue weighted by atomic mass is 19.1. The van der Waals surface area contributed by atoms with Crippen molar-refractivity contribution < 1.29 is 14.3 Å². The molecule has 0 saturated heterocycles. The van der Waals surface area contributed by atoms with E-state index in [2.05, 4.69) is 18.9 Å². The number of hydrogen-bond donors (Lipinski definition) is 1. The molecule has 5 fully saturated rings. The molecule has 5 heteroatoms. The molecule has 31 heavy (non-hydrogen) atoms. The number of halogens is 1. The summed E-state index contributed by atoms with van der Waals surface area (Å²) in [4.78, 5) is 13.5.